The highest BCUT2D eigenvalue weighted by atomic mass is 16.4. The maximum absolute atomic E-state index is 9.96. The molecule has 2 radical (unpaired) electrons. The third kappa shape index (κ3) is 3.58. The molecule has 5 heteroatoms. The van der Waals surface area contributed by atoms with Gasteiger partial charge in [-0.2, -0.15) is 0 Å². The first-order valence-corrected chi connectivity index (χ1v) is 2.33. The number of rotatable bonds is 2. The molecule has 0 fully saturated rings. The zero-order valence-electron chi connectivity index (χ0n) is 4.92. The van der Waals surface area contributed by atoms with E-state index in [1.165, 1.54) is 6.92 Å². The van der Waals surface area contributed by atoms with Gasteiger partial charge >= 0.3 is 5.97 Å². The molecule has 0 aromatic rings. The average molecular weight is 127 g/mol. The van der Waals surface area contributed by atoms with Crippen LogP contribution in [0.2, 0.25) is 0 Å². The first-order chi connectivity index (χ1) is 4.04. The molecule has 0 saturated carbocycles. The normalized spacial score (nSPS) is 12.1. The molecular weight excluding hydrogens is 121 g/mol. The molecule has 0 spiro atoms. The Hall–Kier alpha value is -0.995. The molecule has 1 amide bonds. The summed E-state index contributed by atoms with van der Waals surface area (Å²) in [5, 5.41) is 10.1. The molecule has 4 nitrogen and oxygen atoms in total. The van der Waals surface area contributed by atoms with Gasteiger partial charge in [0.25, 0.3) is 0 Å². The van der Waals surface area contributed by atoms with Gasteiger partial charge in [-0.1, -0.05) is 0 Å². The molecule has 0 unspecified atom stereocenters. The zero-order valence-corrected chi connectivity index (χ0v) is 4.92. The van der Waals surface area contributed by atoms with Crippen LogP contribution in [-0.2, 0) is 4.79 Å². The molecule has 0 bridgehead atoms. The van der Waals surface area contributed by atoms with Crippen molar-refractivity contribution in [3.8, 4) is 0 Å². The molecular formula is C4H6BNO3. The van der Waals surface area contributed by atoms with E-state index in [0.717, 1.165) is 0 Å². The molecule has 0 aromatic heterocycles. The lowest BCUT2D eigenvalue weighted by molar-refractivity contribution is -0.138. The van der Waals surface area contributed by atoms with Gasteiger partial charge < -0.3 is 10.4 Å². The van der Waals surface area contributed by atoms with Crippen molar-refractivity contribution in [2.75, 3.05) is 0 Å². The van der Waals surface area contributed by atoms with E-state index in [4.69, 9.17) is 5.11 Å². The highest BCUT2D eigenvalue weighted by Crippen LogP contribution is 1.78. The van der Waals surface area contributed by atoms with Crippen LogP contribution in [0.25, 0.3) is 0 Å². The van der Waals surface area contributed by atoms with Crippen molar-refractivity contribution in [1.29, 1.82) is 0 Å². The number of nitrogens with one attached hydrogen (secondary N) is 1. The third-order valence-electron chi connectivity index (χ3n) is 0.729. The van der Waals surface area contributed by atoms with Crippen molar-refractivity contribution in [2.45, 2.75) is 13.0 Å². The second kappa shape index (κ2) is 3.12. The lowest BCUT2D eigenvalue weighted by atomic mass is 10.1. The first-order valence-electron chi connectivity index (χ1n) is 2.33. The van der Waals surface area contributed by atoms with Gasteiger partial charge in [-0.05, 0) is 6.92 Å². The summed E-state index contributed by atoms with van der Waals surface area (Å²) in [5.74, 6) is -1.93. The first kappa shape index (κ1) is 8.00. The maximum atomic E-state index is 9.96. The van der Waals surface area contributed by atoms with Crippen molar-refractivity contribution in [3.05, 3.63) is 0 Å². The fourth-order valence-electron chi connectivity index (χ4n) is 0.275. The zero-order chi connectivity index (χ0) is 7.44. The average Bonchev–Trinajstić information content (AvgIpc) is 1.63. The van der Waals surface area contributed by atoms with E-state index < -0.39 is 17.8 Å². The Labute approximate surface area is 53.7 Å². The van der Waals surface area contributed by atoms with Gasteiger partial charge in [-0.25, -0.2) is 0 Å². The lowest BCUT2D eigenvalue weighted by Crippen LogP contribution is -2.37. The van der Waals surface area contributed by atoms with Gasteiger partial charge in [-0.3, -0.25) is 9.59 Å². The van der Waals surface area contributed by atoms with Crippen LogP contribution >= 0.6 is 0 Å². The minimum absolute atomic E-state index is 0.829. The molecule has 2 N–H and O–H groups in total. The molecule has 0 aliphatic rings. The number of amides is 1. The summed E-state index contributed by atoms with van der Waals surface area (Å²) >= 11 is 0. The molecule has 0 rings (SSSR count). The summed E-state index contributed by atoms with van der Waals surface area (Å²) in [6.45, 7) is 1.33. The number of carbonyl (C=O) groups is 2. The molecule has 0 saturated heterocycles. The van der Waals surface area contributed by atoms with Crippen LogP contribution < -0.4 is 5.32 Å². The van der Waals surface area contributed by atoms with E-state index in [9.17, 15) is 9.59 Å². The van der Waals surface area contributed by atoms with E-state index in [1.54, 1.807) is 0 Å². The van der Waals surface area contributed by atoms with Crippen molar-refractivity contribution >= 4 is 19.6 Å². The van der Waals surface area contributed by atoms with Crippen LogP contribution in [0.4, 0.5) is 4.79 Å². The molecule has 0 aliphatic carbocycles. The number of aliphatic carboxylic acids is 1. The van der Waals surface area contributed by atoms with Gasteiger partial charge in [0, 0.05) is 0 Å². The molecule has 0 aliphatic heterocycles. The van der Waals surface area contributed by atoms with Crippen LogP contribution in [0.3, 0.4) is 0 Å². The quantitative estimate of drug-likeness (QED) is 0.483. The highest BCUT2D eigenvalue weighted by molar-refractivity contribution is 6.57. The summed E-state index contributed by atoms with van der Waals surface area (Å²) in [6, 6.07) is -0.914. The fraction of sp³-hybridized carbons (Fsp3) is 0.500. The molecule has 0 aromatic carbocycles. The predicted octanol–water partition coefficient (Wildman–Crippen LogP) is -0.662. The summed E-state index contributed by atoms with van der Waals surface area (Å²) < 4.78 is 0. The molecule has 0 heterocycles. The van der Waals surface area contributed by atoms with Gasteiger partial charge in [-0.15, -0.1) is 0 Å². The topological polar surface area (TPSA) is 66.4 Å². The second-order valence-electron chi connectivity index (χ2n) is 1.57. The predicted molar refractivity (Wildman–Crippen MR) is 31.4 cm³/mol. The van der Waals surface area contributed by atoms with Gasteiger partial charge in [0.05, 0.1) is 0 Å². The van der Waals surface area contributed by atoms with E-state index in [1.807, 2.05) is 5.32 Å². The van der Waals surface area contributed by atoms with E-state index >= 15 is 0 Å². The fourth-order valence-corrected chi connectivity index (χ4v) is 0.275. The number of hydrogen-bond donors (Lipinski definition) is 2. The largest absolute Gasteiger partial charge is 0.480 e. The van der Waals surface area contributed by atoms with Crippen molar-refractivity contribution in [1.82, 2.24) is 5.32 Å². The molecule has 9 heavy (non-hydrogen) atoms. The molecule has 48 valence electrons. The van der Waals surface area contributed by atoms with Crippen LogP contribution in [0, 0.1) is 0 Å². The summed E-state index contributed by atoms with van der Waals surface area (Å²) in [4.78, 5) is 19.9. The number of carbonyl (C=O) groups excluding carboxylic acids is 1. The number of carboxylic acids is 1. The monoisotopic (exact) mass is 127 g/mol. The van der Waals surface area contributed by atoms with Crippen molar-refractivity contribution in [2.24, 2.45) is 0 Å². The van der Waals surface area contributed by atoms with Crippen LogP contribution in [0.15, 0.2) is 0 Å². The van der Waals surface area contributed by atoms with Crippen LogP contribution in [0.5, 0.6) is 0 Å². The third-order valence-corrected chi connectivity index (χ3v) is 0.729. The van der Waals surface area contributed by atoms with E-state index in [0.29, 0.717) is 0 Å². The standard InChI is InChI=1S/C4H6BNO3/c1-2(3(7)8)6-4(5)9/h2H,1H3,(H,6,9)(H,7,8)/t2-/m0/s1. The van der Waals surface area contributed by atoms with Crippen molar-refractivity contribution < 1.29 is 14.7 Å². The van der Waals surface area contributed by atoms with Crippen molar-refractivity contribution in [3.63, 3.8) is 0 Å². The van der Waals surface area contributed by atoms with E-state index in [-0.39, 0.29) is 0 Å². The van der Waals surface area contributed by atoms with Gasteiger partial charge in [0.1, 0.15) is 6.04 Å². The number of hydrogen-bond acceptors (Lipinski definition) is 2. The lowest BCUT2D eigenvalue weighted by Gasteiger charge is -2.05. The highest BCUT2D eigenvalue weighted by Gasteiger charge is 2.09. The minimum atomic E-state index is -1.10. The SMILES string of the molecule is [B]C(=O)N[C@@H](C)C(=O)O. The Balaban J connectivity index is 3.63. The number of carboxylic acid groups (broad SMARTS) is 1. The Bertz CT molecular complexity index is 136. The summed E-state index contributed by atoms with van der Waals surface area (Å²) in [7, 11) is 4.62. The summed E-state index contributed by atoms with van der Waals surface area (Å²) in [6.07, 6.45) is 0. The second-order valence-corrected chi connectivity index (χ2v) is 1.57. The maximum Gasteiger partial charge on any atom is 0.325 e. The van der Waals surface area contributed by atoms with Gasteiger partial charge in [0.15, 0.2) is 5.81 Å². The molecule has 1 atom stereocenters. The van der Waals surface area contributed by atoms with Crippen LogP contribution in [-0.4, -0.2) is 30.8 Å². The summed E-state index contributed by atoms with van der Waals surface area (Å²) in [5.41, 5.74) is 0. The van der Waals surface area contributed by atoms with Crippen LogP contribution in [0.1, 0.15) is 6.92 Å². The smallest absolute Gasteiger partial charge is 0.325 e. The Morgan fingerprint density at radius 3 is 2.22 bits per heavy atom. The van der Waals surface area contributed by atoms with Gasteiger partial charge in [0.2, 0.25) is 7.85 Å². The van der Waals surface area contributed by atoms with E-state index in [2.05, 4.69) is 7.85 Å². The Kier molecular flexibility index (Phi) is 2.77. The Morgan fingerprint density at radius 1 is 1.67 bits per heavy atom. The minimum Gasteiger partial charge on any atom is -0.480 e. The Morgan fingerprint density at radius 2 is 2.11 bits per heavy atom.